The molecule has 1 aliphatic rings. The number of hydrogen-bond donors (Lipinski definition) is 2. The number of nitrogens with one attached hydrogen (secondary N) is 2. The molecule has 19 heavy (non-hydrogen) atoms. The van der Waals surface area contributed by atoms with E-state index in [4.69, 9.17) is 4.74 Å². The zero-order chi connectivity index (χ0) is 14.3. The third-order valence-corrected chi connectivity index (χ3v) is 3.16. The predicted octanol–water partition coefficient (Wildman–Crippen LogP) is 2.90. The summed E-state index contributed by atoms with van der Waals surface area (Å²) in [6.07, 6.45) is 7.03. The largest absolute Gasteiger partial charge is 0.443 e. The minimum Gasteiger partial charge on any atom is -0.443 e. The number of hydrogen-bond acceptors (Lipinski definition) is 3. The van der Waals surface area contributed by atoms with Crippen LogP contribution in [0.5, 0.6) is 0 Å². The molecule has 0 aliphatic heterocycles. The average molecular weight is 270 g/mol. The number of amides is 2. The van der Waals surface area contributed by atoms with Crippen molar-refractivity contribution in [1.82, 2.24) is 10.9 Å². The Kier molecular flexibility index (Phi) is 6.12. The van der Waals surface area contributed by atoms with E-state index in [9.17, 15) is 9.59 Å². The van der Waals surface area contributed by atoms with Crippen LogP contribution in [0, 0.1) is 5.92 Å². The first kappa shape index (κ1) is 15.8. The molecule has 0 unspecified atom stereocenters. The summed E-state index contributed by atoms with van der Waals surface area (Å²) in [7, 11) is 0. The van der Waals surface area contributed by atoms with Crippen molar-refractivity contribution >= 4 is 12.0 Å². The summed E-state index contributed by atoms with van der Waals surface area (Å²) in [5.41, 5.74) is 4.21. The first-order valence-electron chi connectivity index (χ1n) is 7.17. The highest BCUT2D eigenvalue weighted by molar-refractivity contribution is 5.81. The topological polar surface area (TPSA) is 67.4 Å². The number of rotatable bonds is 1. The SMILES string of the molecule is CC(C)(C)OC(=O)NNC(=O)C1CCCCCCC1. The Morgan fingerprint density at radius 3 is 2.00 bits per heavy atom. The van der Waals surface area contributed by atoms with Gasteiger partial charge in [-0.3, -0.25) is 10.2 Å². The van der Waals surface area contributed by atoms with E-state index in [0.717, 1.165) is 25.7 Å². The molecule has 0 aromatic carbocycles. The van der Waals surface area contributed by atoms with Crippen LogP contribution >= 0.6 is 0 Å². The van der Waals surface area contributed by atoms with Crippen molar-refractivity contribution in [2.75, 3.05) is 0 Å². The second kappa shape index (κ2) is 7.36. The zero-order valence-electron chi connectivity index (χ0n) is 12.3. The lowest BCUT2D eigenvalue weighted by molar-refractivity contribution is -0.126. The molecule has 0 atom stereocenters. The third kappa shape index (κ3) is 7.03. The van der Waals surface area contributed by atoms with Gasteiger partial charge in [-0.1, -0.05) is 32.1 Å². The van der Waals surface area contributed by atoms with Crippen LogP contribution in [0.1, 0.15) is 65.7 Å². The molecule has 0 radical (unpaired) electrons. The van der Waals surface area contributed by atoms with Gasteiger partial charge >= 0.3 is 6.09 Å². The predicted molar refractivity (Wildman–Crippen MR) is 73.3 cm³/mol. The van der Waals surface area contributed by atoms with E-state index in [0.29, 0.717) is 0 Å². The second-order valence-electron chi connectivity index (χ2n) is 6.16. The van der Waals surface area contributed by atoms with Crippen LogP contribution in [0.4, 0.5) is 4.79 Å². The molecule has 0 heterocycles. The molecule has 0 bridgehead atoms. The van der Waals surface area contributed by atoms with Gasteiger partial charge in [-0.25, -0.2) is 10.2 Å². The van der Waals surface area contributed by atoms with Crippen LogP contribution in [0.3, 0.4) is 0 Å². The fraction of sp³-hybridized carbons (Fsp3) is 0.857. The van der Waals surface area contributed by atoms with Gasteiger partial charge < -0.3 is 4.74 Å². The Hall–Kier alpha value is -1.26. The van der Waals surface area contributed by atoms with Gasteiger partial charge in [-0.2, -0.15) is 0 Å². The number of hydrazine groups is 1. The minimum absolute atomic E-state index is 0.00948. The molecule has 110 valence electrons. The molecule has 1 aliphatic carbocycles. The molecule has 5 heteroatoms. The standard InChI is InChI=1S/C14H26N2O3/c1-14(2,3)19-13(18)16-15-12(17)11-9-7-5-4-6-8-10-11/h11H,4-10H2,1-3H3,(H,15,17)(H,16,18). The van der Waals surface area contributed by atoms with Gasteiger partial charge in [-0.05, 0) is 33.6 Å². The number of ether oxygens (including phenoxy) is 1. The highest BCUT2D eigenvalue weighted by atomic mass is 16.6. The Labute approximate surface area is 115 Å². The van der Waals surface area contributed by atoms with Crippen molar-refractivity contribution in [1.29, 1.82) is 0 Å². The Morgan fingerprint density at radius 2 is 1.47 bits per heavy atom. The van der Waals surface area contributed by atoms with Crippen LogP contribution in [-0.2, 0) is 9.53 Å². The van der Waals surface area contributed by atoms with Crippen molar-refractivity contribution in [3.63, 3.8) is 0 Å². The maximum Gasteiger partial charge on any atom is 0.426 e. The van der Waals surface area contributed by atoms with Crippen LogP contribution in [0.15, 0.2) is 0 Å². The molecule has 0 saturated heterocycles. The molecule has 0 spiro atoms. The maximum absolute atomic E-state index is 12.0. The lowest BCUT2D eigenvalue weighted by Crippen LogP contribution is -2.46. The van der Waals surface area contributed by atoms with Gasteiger partial charge in [0.15, 0.2) is 0 Å². The monoisotopic (exact) mass is 270 g/mol. The summed E-state index contributed by atoms with van der Waals surface area (Å²) in [6, 6.07) is 0. The Balaban J connectivity index is 2.31. The average Bonchev–Trinajstić information content (AvgIpc) is 2.23. The van der Waals surface area contributed by atoms with Gasteiger partial charge in [0.05, 0.1) is 0 Å². The molecule has 1 saturated carbocycles. The van der Waals surface area contributed by atoms with Gasteiger partial charge in [-0.15, -0.1) is 0 Å². The third-order valence-electron chi connectivity index (χ3n) is 3.16. The Bertz CT molecular complexity index is 302. The van der Waals surface area contributed by atoms with E-state index in [1.165, 1.54) is 19.3 Å². The lowest BCUT2D eigenvalue weighted by Gasteiger charge is -2.22. The quantitative estimate of drug-likeness (QED) is 0.720. The van der Waals surface area contributed by atoms with Gasteiger partial charge in [0.1, 0.15) is 5.60 Å². The van der Waals surface area contributed by atoms with Crippen molar-refractivity contribution in [3.05, 3.63) is 0 Å². The van der Waals surface area contributed by atoms with E-state index < -0.39 is 11.7 Å². The Morgan fingerprint density at radius 1 is 0.947 bits per heavy atom. The molecule has 1 fully saturated rings. The van der Waals surface area contributed by atoms with Crippen LogP contribution in [0.25, 0.3) is 0 Å². The van der Waals surface area contributed by atoms with Crippen molar-refractivity contribution in [3.8, 4) is 0 Å². The molecular weight excluding hydrogens is 244 g/mol. The summed E-state index contributed by atoms with van der Waals surface area (Å²) in [5.74, 6) is -0.0944. The van der Waals surface area contributed by atoms with Crippen molar-refractivity contribution < 1.29 is 14.3 Å². The van der Waals surface area contributed by atoms with Gasteiger partial charge in [0.2, 0.25) is 5.91 Å². The fourth-order valence-corrected chi connectivity index (χ4v) is 2.24. The van der Waals surface area contributed by atoms with Gasteiger partial charge in [0, 0.05) is 5.92 Å². The molecule has 5 nitrogen and oxygen atoms in total. The number of carbonyl (C=O) groups is 2. The molecule has 0 aromatic heterocycles. The number of carbonyl (C=O) groups excluding carboxylic acids is 2. The summed E-state index contributed by atoms with van der Waals surface area (Å²) >= 11 is 0. The summed E-state index contributed by atoms with van der Waals surface area (Å²) in [5, 5.41) is 0. The van der Waals surface area contributed by atoms with E-state index in [1.54, 1.807) is 20.8 Å². The lowest BCUT2D eigenvalue weighted by atomic mass is 9.91. The van der Waals surface area contributed by atoms with E-state index >= 15 is 0 Å². The van der Waals surface area contributed by atoms with Crippen LogP contribution in [0.2, 0.25) is 0 Å². The molecular formula is C14H26N2O3. The smallest absolute Gasteiger partial charge is 0.426 e. The maximum atomic E-state index is 12.0. The van der Waals surface area contributed by atoms with Crippen molar-refractivity contribution in [2.45, 2.75) is 71.3 Å². The summed E-state index contributed by atoms with van der Waals surface area (Å²) in [6.45, 7) is 5.34. The van der Waals surface area contributed by atoms with Gasteiger partial charge in [0.25, 0.3) is 0 Å². The molecule has 1 rings (SSSR count). The zero-order valence-corrected chi connectivity index (χ0v) is 12.3. The van der Waals surface area contributed by atoms with Crippen LogP contribution < -0.4 is 10.9 Å². The highest BCUT2D eigenvalue weighted by Crippen LogP contribution is 2.22. The van der Waals surface area contributed by atoms with Crippen molar-refractivity contribution in [2.24, 2.45) is 5.92 Å². The molecule has 2 amide bonds. The molecule has 2 N–H and O–H groups in total. The normalized spacial score (nSPS) is 18.1. The van der Waals surface area contributed by atoms with E-state index in [2.05, 4.69) is 10.9 Å². The highest BCUT2D eigenvalue weighted by Gasteiger charge is 2.21. The first-order valence-corrected chi connectivity index (χ1v) is 7.17. The fourth-order valence-electron chi connectivity index (χ4n) is 2.24. The van der Waals surface area contributed by atoms with E-state index in [1.807, 2.05) is 0 Å². The summed E-state index contributed by atoms with van der Waals surface area (Å²) in [4.78, 5) is 23.4. The molecule has 0 aromatic rings. The van der Waals surface area contributed by atoms with Crippen LogP contribution in [-0.4, -0.2) is 17.6 Å². The minimum atomic E-state index is -0.619. The second-order valence-corrected chi connectivity index (χ2v) is 6.16. The van der Waals surface area contributed by atoms with E-state index in [-0.39, 0.29) is 11.8 Å². The summed E-state index contributed by atoms with van der Waals surface area (Å²) < 4.78 is 5.06. The first-order chi connectivity index (χ1) is 8.88.